The third-order valence-corrected chi connectivity index (χ3v) is 4.97. The summed E-state index contributed by atoms with van der Waals surface area (Å²) in [4.78, 5) is 12.6. The third kappa shape index (κ3) is 4.80. The number of aromatic nitrogens is 4. The molecule has 4 rings (SSSR count). The number of carbonyl (C=O) groups is 1. The topological polar surface area (TPSA) is 100 Å². The fourth-order valence-corrected chi connectivity index (χ4v) is 3.51. The predicted molar refractivity (Wildman–Crippen MR) is 109 cm³/mol. The number of halogens is 4. The van der Waals surface area contributed by atoms with Crippen molar-refractivity contribution in [3.63, 3.8) is 0 Å². The molecular formula is C20H17ClF3N5O4. The largest absolute Gasteiger partial charge is 0.486 e. The van der Waals surface area contributed by atoms with Crippen molar-refractivity contribution < 1.29 is 32.2 Å². The summed E-state index contributed by atoms with van der Waals surface area (Å²) in [6.45, 7) is 0.825. The van der Waals surface area contributed by atoms with E-state index in [0.29, 0.717) is 40.8 Å². The highest BCUT2D eigenvalue weighted by molar-refractivity contribution is 6.32. The van der Waals surface area contributed by atoms with Gasteiger partial charge in [0.1, 0.15) is 13.2 Å². The highest BCUT2D eigenvalue weighted by atomic mass is 35.5. The van der Waals surface area contributed by atoms with Crippen LogP contribution in [0, 0.1) is 0 Å². The van der Waals surface area contributed by atoms with Gasteiger partial charge in [0.2, 0.25) is 5.88 Å². The minimum absolute atomic E-state index is 0.0552. The Labute approximate surface area is 190 Å². The Balaban J connectivity index is 1.50. The first kappa shape index (κ1) is 22.6. The molecule has 0 fully saturated rings. The van der Waals surface area contributed by atoms with Gasteiger partial charge in [-0.15, -0.1) is 10.2 Å². The van der Waals surface area contributed by atoms with E-state index in [2.05, 4.69) is 20.6 Å². The third-order valence-electron chi connectivity index (χ3n) is 4.69. The summed E-state index contributed by atoms with van der Waals surface area (Å²) in [6.07, 6.45) is -3.72. The van der Waals surface area contributed by atoms with E-state index in [1.807, 2.05) is 0 Å². The molecule has 1 aromatic carbocycles. The normalized spacial score (nSPS) is 13.0. The van der Waals surface area contributed by atoms with E-state index in [9.17, 15) is 18.0 Å². The minimum Gasteiger partial charge on any atom is -0.486 e. The van der Waals surface area contributed by atoms with E-state index in [4.69, 9.17) is 25.8 Å². The summed E-state index contributed by atoms with van der Waals surface area (Å²) < 4.78 is 57.6. The van der Waals surface area contributed by atoms with Crippen LogP contribution in [0.25, 0.3) is 5.82 Å². The molecule has 0 unspecified atom stereocenters. The molecular weight excluding hydrogens is 467 g/mol. The molecule has 1 aliphatic rings. The zero-order chi connectivity index (χ0) is 23.6. The van der Waals surface area contributed by atoms with Crippen molar-refractivity contribution in [2.75, 3.05) is 26.9 Å². The fraction of sp³-hybridized carbons (Fsp3) is 0.300. The van der Waals surface area contributed by atoms with Gasteiger partial charge in [0.15, 0.2) is 23.0 Å². The van der Waals surface area contributed by atoms with Crippen molar-refractivity contribution in [2.45, 2.75) is 12.6 Å². The van der Waals surface area contributed by atoms with Gasteiger partial charge in [0.25, 0.3) is 5.91 Å². The van der Waals surface area contributed by atoms with Gasteiger partial charge >= 0.3 is 6.18 Å². The zero-order valence-electron chi connectivity index (χ0n) is 17.1. The van der Waals surface area contributed by atoms with Crippen molar-refractivity contribution in [1.29, 1.82) is 0 Å². The number of hydrogen-bond donors (Lipinski definition) is 1. The summed E-state index contributed by atoms with van der Waals surface area (Å²) in [5.74, 6) is -0.0978. The maximum absolute atomic E-state index is 13.8. The van der Waals surface area contributed by atoms with Crippen LogP contribution in [0.1, 0.15) is 21.6 Å². The van der Waals surface area contributed by atoms with Crippen LogP contribution in [0.5, 0.6) is 17.4 Å². The SMILES string of the molecule is COc1ccc(-n2ncc(C(=O)NCCc3cc(Cl)c4c(c3)OCCO4)c2C(F)(F)F)nn1. The van der Waals surface area contributed by atoms with Gasteiger partial charge in [-0.05, 0) is 30.2 Å². The van der Waals surface area contributed by atoms with Crippen LogP contribution in [-0.4, -0.2) is 52.8 Å². The molecule has 3 heterocycles. The van der Waals surface area contributed by atoms with E-state index < -0.39 is 23.3 Å². The number of ether oxygens (including phenoxy) is 3. The molecule has 0 bridgehead atoms. The van der Waals surface area contributed by atoms with Gasteiger partial charge in [-0.25, -0.2) is 4.68 Å². The molecule has 1 aliphatic heterocycles. The number of fused-ring (bicyclic) bond motifs is 1. The summed E-state index contributed by atoms with van der Waals surface area (Å²) in [5, 5.41) is 13.8. The average Bonchev–Trinajstić information content (AvgIpc) is 3.25. The molecule has 9 nitrogen and oxygen atoms in total. The fourth-order valence-electron chi connectivity index (χ4n) is 3.22. The number of rotatable bonds is 6. The van der Waals surface area contributed by atoms with Gasteiger partial charge in [0.05, 0.1) is 23.9 Å². The maximum atomic E-state index is 13.8. The predicted octanol–water partition coefficient (Wildman–Crippen LogP) is 3.09. The number of carbonyl (C=O) groups excluding carboxylic acids is 1. The Morgan fingerprint density at radius 3 is 2.73 bits per heavy atom. The number of amides is 1. The van der Waals surface area contributed by atoms with Gasteiger partial charge in [0, 0.05) is 12.6 Å². The van der Waals surface area contributed by atoms with E-state index in [-0.39, 0.29) is 18.2 Å². The summed E-state index contributed by atoms with van der Waals surface area (Å²) >= 11 is 6.19. The monoisotopic (exact) mass is 483 g/mol. The second-order valence-corrected chi connectivity index (χ2v) is 7.27. The van der Waals surface area contributed by atoms with Crippen LogP contribution in [0.3, 0.4) is 0 Å². The number of benzene rings is 1. The van der Waals surface area contributed by atoms with E-state index >= 15 is 0 Å². The van der Waals surface area contributed by atoms with Crippen molar-refractivity contribution in [2.24, 2.45) is 0 Å². The van der Waals surface area contributed by atoms with Crippen molar-refractivity contribution >= 4 is 17.5 Å². The molecule has 0 saturated carbocycles. The van der Waals surface area contributed by atoms with Crippen LogP contribution in [0.2, 0.25) is 5.02 Å². The summed E-state index contributed by atoms with van der Waals surface area (Å²) in [5.41, 5.74) is -1.17. The molecule has 13 heteroatoms. The molecule has 0 aliphatic carbocycles. The summed E-state index contributed by atoms with van der Waals surface area (Å²) in [7, 11) is 1.35. The lowest BCUT2D eigenvalue weighted by Gasteiger charge is -2.20. The number of nitrogens with zero attached hydrogens (tertiary/aromatic N) is 4. The smallest absolute Gasteiger partial charge is 0.434 e. The quantitative estimate of drug-likeness (QED) is 0.575. The molecule has 1 N–H and O–H groups in total. The van der Waals surface area contributed by atoms with Gasteiger partial charge in [-0.1, -0.05) is 11.6 Å². The molecule has 33 heavy (non-hydrogen) atoms. The highest BCUT2D eigenvalue weighted by Crippen LogP contribution is 2.38. The Kier molecular flexibility index (Phi) is 6.27. The number of nitrogens with one attached hydrogen (secondary N) is 1. The molecule has 0 radical (unpaired) electrons. The van der Waals surface area contributed by atoms with E-state index in [0.717, 1.165) is 11.8 Å². The van der Waals surface area contributed by atoms with Crippen molar-refractivity contribution in [1.82, 2.24) is 25.3 Å². The number of hydrogen-bond acceptors (Lipinski definition) is 7. The lowest BCUT2D eigenvalue weighted by molar-refractivity contribution is -0.143. The molecule has 0 saturated heterocycles. The first-order chi connectivity index (χ1) is 15.8. The van der Waals surface area contributed by atoms with Crippen LogP contribution >= 0.6 is 11.6 Å². The first-order valence-corrected chi connectivity index (χ1v) is 10.0. The number of alkyl halides is 3. The molecule has 0 spiro atoms. The van der Waals surface area contributed by atoms with E-state index in [1.54, 1.807) is 12.1 Å². The second-order valence-electron chi connectivity index (χ2n) is 6.86. The molecule has 1 amide bonds. The van der Waals surface area contributed by atoms with Crippen molar-refractivity contribution in [3.05, 3.63) is 52.3 Å². The average molecular weight is 484 g/mol. The minimum atomic E-state index is -4.87. The lowest BCUT2D eigenvalue weighted by Crippen LogP contribution is -2.28. The second kappa shape index (κ2) is 9.14. The Morgan fingerprint density at radius 1 is 1.24 bits per heavy atom. The van der Waals surface area contributed by atoms with Gasteiger partial charge < -0.3 is 19.5 Å². The zero-order valence-corrected chi connectivity index (χ0v) is 17.9. The van der Waals surface area contributed by atoms with Crippen LogP contribution in [-0.2, 0) is 12.6 Å². The van der Waals surface area contributed by atoms with Gasteiger partial charge in [-0.3, -0.25) is 4.79 Å². The molecule has 2 aromatic heterocycles. The molecule has 0 atom stereocenters. The van der Waals surface area contributed by atoms with Gasteiger partial charge in [-0.2, -0.15) is 18.3 Å². The van der Waals surface area contributed by atoms with Crippen LogP contribution < -0.4 is 19.5 Å². The van der Waals surface area contributed by atoms with E-state index in [1.165, 1.54) is 19.2 Å². The maximum Gasteiger partial charge on any atom is 0.434 e. The summed E-state index contributed by atoms with van der Waals surface area (Å²) in [6, 6.07) is 5.96. The Hall–Kier alpha value is -3.54. The first-order valence-electron chi connectivity index (χ1n) is 9.67. The highest BCUT2D eigenvalue weighted by Gasteiger charge is 2.41. The van der Waals surface area contributed by atoms with Crippen LogP contribution in [0.15, 0.2) is 30.5 Å². The Bertz CT molecular complexity index is 1170. The Morgan fingerprint density at radius 2 is 2.03 bits per heavy atom. The van der Waals surface area contributed by atoms with Crippen LogP contribution in [0.4, 0.5) is 13.2 Å². The number of methoxy groups -OCH3 is 1. The standard InChI is InChI=1S/C20H17ClF3N5O4/c1-31-16-3-2-15(27-28-16)29-18(20(22,23)24)12(10-26-29)19(30)25-5-4-11-8-13(21)17-14(9-11)32-6-7-33-17/h2-3,8-10H,4-7H2,1H3,(H,25,30). The van der Waals surface area contributed by atoms with Crippen molar-refractivity contribution in [3.8, 4) is 23.2 Å². The molecule has 174 valence electrons. The molecule has 3 aromatic rings. The lowest BCUT2D eigenvalue weighted by atomic mass is 10.1.